The average Bonchev–Trinajstić information content (AvgIpc) is 3.29. The van der Waals surface area contributed by atoms with Crippen LogP contribution in [0.4, 0.5) is 0 Å². The number of aryl methyl sites for hydroxylation is 2. The Morgan fingerprint density at radius 1 is 1.03 bits per heavy atom. The van der Waals surface area contributed by atoms with E-state index in [1.54, 1.807) is 26.6 Å². The Labute approximate surface area is 206 Å². The van der Waals surface area contributed by atoms with Gasteiger partial charge >= 0.3 is 0 Å². The average molecular weight is 470 g/mol. The van der Waals surface area contributed by atoms with Crippen LogP contribution in [0.15, 0.2) is 71.4 Å². The summed E-state index contributed by atoms with van der Waals surface area (Å²) >= 11 is 0. The Bertz CT molecular complexity index is 1380. The molecule has 0 aliphatic rings. The summed E-state index contributed by atoms with van der Waals surface area (Å²) in [6, 6.07) is 18.3. The van der Waals surface area contributed by atoms with Gasteiger partial charge in [-0.25, -0.2) is 0 Å². The molecule has 0 fully saturated rings. The number of rotatable bonds is 8. The molecule has 5 nitrogen and oxygen atoms in total. The second-order valence-electron chi connectivity index (χ2n) is 8.69. The molecule has 0 saturated heterocycles. The summed E-state index contributed by atoms with van der Waals surface area (Å²) in [6.45, 7) is 6.51. The second-order valence-corrected chi connectivity index (χ2v) is 8.69. The molecule has 0 unspecified atom stereocenters. The van der Waals surface area contributed by atoms with Crippen LogP contribution in [0.5, 0.6) is 11.5 Å². The fourth-order valence-electron chi connectivity index (χ4n) is 4.31. The number of allylic oxidation sites excluding steroid dienone is 1. The van der Waals surface area contributed by atoms with Crippen molar-refractivity contribution >= 4 is 22.4 Å². The van der Waals surface area contributed by atoms with Crippen molar-refractivity contribution in [2.24, 2.45) is 0 Å². The molecule has 0 aliphatic carbocycles. The van der Waals surface area contributed by atoms with Crippen LogP contribution in [-0.2, 0) is 11.2 Å². The van der Waals surface area contributed by atoms with Crippen LogP contribution >= 0.6 is 0 Å². The molecule has 1 heterocycles. The lowest BCUT2D eigenvalue weighted by molar-refractivity contribution is -0.116. The van der Waals surface area contributed by atoms with Crippen LogP contribution in [0, 0.1) is 13.8 Å². The Hall–Kier alpha value is -3.99. The number of fused-ring (bicyclic) bond motifs is 1. The molecule has 1 N–H and O–H groups in total. The summed E-state index contributed by atoms with van der Waals surface area (Å²) in [4.78, 5) is 12.7. The fraction of sp³-hybridized carbons (Fsp3) is 0.233. The van der Waals surface area contributed by atoms with Gasteiger partial charge in [-0.1, -0.05) is 42.0 Å². The van der Waals surface area contributed by atoms with Crippen LogP contribution in [0.1, 0.15) is 29.2 Å². The van der Waals surface area contributed by atoms with Crippen LogP contribution in [-0.4, -0.2) is 26.7 Å². The monoisotopic (exact) mass is 469 g/mol. The molecule has 5 heteroatoms. The highest BCUT2D eigenvalue weighted by atomic mass is 16.5. The molecule has 0 spiro atoms. The molecule has 0 aliphatic heterocycles. The Morgan fingerprint density at radius 3 is 2.51 bits per heavy atom. The largest absolute Gasteiger partial charge is 0.497 e. The zero-order chi connectivity index (χ0) is 24.9. The highest BCUT2D eigenvalue weighted by molar-refractivity contribution is 6.01. The first-order valence-electron chi connectivity index (χ1n) is 11.7. The Morgan fingerprint density at radius 2 is 1.80 bits per heavy atom. The van der Waals surface area contributed by atoms with Gasteiger partial charge in [0, 0.05) is 34.7 Å². The minimum Gasteiger partial charge on any atom is -0.497 e. The van der Waals surface area contributed by atoms with Gasteiger partial charge in [-0.15, -0.1) is 0 Å². The van der Waals surface area contributed by atoms with E-state index in [1.807, 2.05) is 38.1 Å². The standard InChI is InChI=1S/C30H31NO4/c1-19-9-11-23(12-10-19)27-18-35-30-21(3)29(34-5)25(17-26(27)30)20(2)15-28(32)31-14-13-22-7-6-8-24(16-22)33-4/h6-12,15-18H,13-14H2,1-5H3,(H,31,32)/b20-15+. The molecule has 0 saturated carbocycles. The molecule has 0 bridgehead atoms. The van der Waals surface area contributed by atoms with Crippen molar-refractivity contribution in [3.8, 4) is 22.6 Å². The van der Waals surface area contributed by atoms with E-state index in [1.165, 1.54) is 5.56 Å². The minimum atomic E-state index is -0.142. The van der Waals surface area contributed by atoms with E-state index in [2.05, 4.69) is 42.6 Å². The number of methoxy groups -OCH3 is 2. The van der Waals surface area contributed by atoms with E-state index in [4.69, 9.17) is 13.9 Å². The number of furan rings is 1. The van der Waals surface area contributed by atoms with E-state index >= 15 is 0 Å². The number of nitrogens with one attached hydrogen (secondary N) is 1. The molecule has 0 radical (unpaired) electrons. The third-order valence-electron chi connectivity index (χ3n) is 6.23. The lowest BCUT2D eigenvalue weighted by atomic mass is 9.96. The number of carbonyl (C=O) groups excluding carboxylic acids is 1. The van der Waals surface area contributed by atoms with Crippen molar-refractivity contribution in [3.63, 3.8) is 0 Å². The van der Waals surface area contributed by atoms with Gasteiger partial charge in [0.15, 0.2) is 0 Å². The predicted molar refractivity (Wildman–Crippen MR) is 141 cm³/mol. The predicted octanol–water partition coefficient (Wildman–Crippen LogP) is 6.50. The number of hydrogen-bond donors (Lipinski definition) is 1. The van der Waals surface area contributed by atoms with E-state index in [0.29, 0.717) is 12.3 Å². The first-order valence-corrected chi connectivity index (χ1v) is 11.7. The van der Waals surface area contributed by atoms with Crippen molar-refractivity contribution in [2.45, 2.75) is 27.2 Å². The van der Waals surface area contributed by atoms with Crippen LogP contribution in [0.3, 0.4) is 0 Å². The van der Waals surface area contributed by atoms with Crippen LogP contribution < -0.4 is 14.8 Å². The van der Waals surface area contributed by atoms with Crippen LogP contribution in [0.2, 0.25) is 0 Å². The molecule has 4 rings (SSSR count). The van der Waals surface area contributed by atoms with Gasteiger partial charge in [-0.3, -0.25) is 4.79 Å². The summed E-state index contributed by atoms with van der Waals surface area (Å²) in [7, 11) is 3.29. The maximum absolute atomic E-state index is 12.7. The minimum absolute atomic E-state index is 0.142. The second kappa shape index (κ2) is 10.5. The lowest BCUT2D eigenvalue weighted by Gasteiger charge is -2.13. The summed E-state index contributed by atoms with van der Waals surface area (Å²) in [5.74, 6) is 1.38. The number of carbonyl (C=O) groups is 1. The molecular weight excluding hydrogens is 438 g/mol. The van der Waals surface area contributed by atoms with Gasteiger partial charge in [0.25, 0.3) is 0 Å². The smallest absolute Gasteiger partial charge is 0.244 e. The number of hydrogen-bond acceptors (Lipinski definition) is 4. The molecule has 1 aromatic heterocycles. The normalized spacial score (nSPS) is 11.5. The topological polar surface area (TPSA) is 60.7 Å². The number of ether oxygens (including phenoxy) is 2. The Balaban J connectivity index is 1.58. The highest BCUT2D eigenvalue weighted by Gasteiger charge is 2.18. The van der Waals surface area contributed by atoms with Crippen molar-refractivity contribution in [1.29, 1.82) is 0 Å². The van der Waals surface area contributed by atoms with E-state index < -0.39 is 0 Å². The van der Waals surface area contributed by atoms with Crippen molar-refractivity contribution < 1.29 is 18.7 Å². The van der Waals surface area contributed by atoms with Crippen molar-refractivity contribution in [3.05, 3.63) is 89.2 Å². The van der Waals surface area contributed by atoms with Gasteiger partial charge < -0.3 is 19.2 Å². The maximum atomic E-state index is 12.7. The zero-order valence-electron chi connectivity index (χ0n) is 20.9. The quantitative estimate of drug-likeness (QED) is 0.299. The fourth-order valence-corrected chi connectivity index (χ4v) is 4.31. The maximum Gasteiger partial charge on any atom is 0.244 e. The first-order chi connectivity index (χ1) is 16.9. The summed E-state index contributed by atoms with van der Waals surface area (Å²) in [5.41, 5.74) is 7.80. The van der Waals surface area contributed by atoms with Gasteiger partial charge in [-0.05, 0) is 62.1 Å². The Kier molecular flexibility index (Phi) is 7.25. The summed E-state index contributed by atoms with van der Waals surface area (Å²) < 4.78 is 16.9. The zero-order valence-corrected chi connectivity index (χ0v) is 20.9. The van der Waals surface area contributed by atoms with E-state index in [-0.39, 0.29) is 5.91 Å². The van der Waals surface area contributed by atoms with E-state index in [9.17, 15) is 4.79 Å². The van der Waals surface area contributed by atoms with E-state index in [0.717, 1.165) is 56.5 Å². The van der Waals surface area contributed by atoms with Gasteiger partial charge in [0.2, 0.25) is 5.91 Å². The molecule has 0 atom stereocenters. The third kappa shape index (κ3) is 5.24. The SMILES string of the molecule is COc1cccc(CCNC(=O)/C=C(\C)c2cc3c(-c4ccc(C)cc4)coc3c(C)c2OC)c1. The molecule has 180 valence electrons. The van der Waals surface area contributed by atoms with Gasteiger partial charge in [0.05, 0.1) is 20.5 Å². The van der Waals surface area contributed by atoms with Crippen molar-refractivity contribution in [1.82, 2.24) is 5.32 Å². The molecule has 4 aromatic rings. The number of amides is 1. The first kappa shape index (κ1) is 24.1. The van der Waals surface area contributed by atoms with Crippen LogP contribution in [0.25, 0.3) is 27.7 Å². The molecule has 3 aromatic carbocycles. The third-order valence-corrected chi connectivity index (χ3v) is 6.23. The van der Waals surface area contributed by atoms with Gasteiger partial charge in [0.1, 0.15) is 17.1 Å². The summed E-state index contributed by atoms with van der Waals surface area (Å²) in [6.07, 6.45) is 4.13. The number of benzene rings is 3. The highest BCUT2D eigenvalue weighted by Crippen LogP contribution is 2.40. The van der Waals surface area contributed by atoms with Gasteiger partial charge in [-0.2, -0.15) is 0 Å². The van der Waals surface area contributed by atoms with Crippen molar-refractivity contribution in [2.75, 3.05) is 20.8 Å². The molecule has 35 heavy (non-hydrogen) atoms. The molecular formula is C30H31NO4. The molecule has 1 amide bonds. The lowest BCUT2D eigenvalue weighted by Crippen LogP contribution is -2.23. The summed E-state index contributed by atoms with van der Waals surface area (Å²) in [5, 5.41) is 3.97.